The molecule has 0 N–H and O–H groups in total. The quantitative estimate of drug-likeness (QED) is 0.842. The van der Waals surface area contributed by atoms with Crippen LogP contribution < -0.4 is 4.74 Å². The smallest absolute Gasteiger partial charge is 0.316 e. The third kappa shape index (κ3) is 4.48. The largest absolute Gasteiger partial charge is 0.463 e. The molecule has 1 aliphatic heterocycles. The molecule has 124 valence electrons. The molecule has 1 fully saturated rings. The maximum Gasteiger partial charge on any atom is 0.316 e. The maximum atomic E-state index is 5.77. The van der Waals surface area contributed by atoms with E-state index in [0.717, 1.165) is 30.2 Å². The fraction of sp³-hybridized carbons (Fsp3) is 0.588. The number of hydrogen-bond donors (Lipinski definition) is 0. The number of piperidine rings is 1. The van der Waals surface area contributed by atoms with E-state index in [9.17, 15) is 0 Å². The first-order chi connectivity index (χ1) is 11.1. The topological polar surface area (TPSA) is 51.1 Å². The number of thiazole rings is 1. The second-order valence-corrected chi connectivity index (χ2v) is 7.63. The zero-order chi connectivity index (χ0) is 16.2. The van der Waals surface area contributed by atoms with Crippen LogP contribution in [0.25, 0.3) is 0 Å². The van der Waals surface area contributed by atoms with Crippen LogP contribution in [-0.4, -0.2) is 39.5 Å². The van der Waals surface area contributed by atoms with Crippen LogP contribution in [0.15, 0.2) is 12.4 Å². The highest BCUT2D eigenvalue weighted by Gasteiger charge is 2.22. The Balaban J connectivity index is 1.51. The second kappa shape index (κ2) is 7.36. The molecule has 5 nitrogen and oxygen atoms in total. The molecule has 0 amide bonds. The SMILES string of the molecule is Cc1cnc(OCC2CCCN(Cc3sc(C)nc3C)C2)nc1. The van der Waals surface area contributed by atoms with Crippen LogP contribution in [0.1, 0.15) is 34.0 Å². The fourth-order valence-electron chi connectivity index (χ4n) is 3.00. The molecular weight excluding hydrogens is 308 g/mol. The summed E-state index contributed by atoms with van der Waals surface area (Å²) in [4.78, 5) is 16.9. The molecular formula is C17H24N4OS. The molecule has 0 saturated carbocycles. The Kier molecular flexibility index (Phi) is 5.23. The van der Waals surface area contributed by atoms with Crippen molar-refractivity contribution in [3.05, 3.63) is 33.5 Å². The second-order valence-electron chi connectivity index (χ2n) is 6.34. The number of hydrogen-bond acceptors (Lipinski definition) is 6. The van der Waals surface area contributed by atoms with Crippen LogP contribution in [0.5, 0.6) is 6.01 Å². The highest BCUT2D eigenvalue weighted by Crippen LogP contribution is 2.23. The summed E-state index contributed by atoms with van der Waals surface area (Å²) in [6.45, 7) is 10.1. The lowest BCUT2D eigenvalue weighted by atomic mass is 9.99. The van der Waals surface area contributed by atoms with Gasteiger partial charge in [-0.3, -0.25) is 4.90 Å². The molecule has 0 spiro atoms. The van der Waals surface area contributed by atoms with Crippen LogP contribution in [0.3, 0.4) is 0 Å². The van der Waals surface area contributed by atoms with Gasteiger partial charge in [-0.25, -0.2) is 15.0 Å². The van der Waals surface area contributed by atoms with Crippen LogP contribution >= 0.6 is 11.3 Å². The van der Waals surface area contributed by atoms with Crippen LogP contribution in [0, 0.1) is 26.7 Å². The number of likely N-dealkylation sites (tertiary alicyclic amines) is 1. The Bertz CT molecular complexity index is 641. The van der Waals surface area contributed by atoms with Crippen molar-refractivity contribution in [2.75, 3.05) is 19.7 Å². The molecule has 1 atom stereocenters. The molecule has 0 radical (unpaired) electrons. The third-order valence-corrected chi connectivity index (χ3v) is 5.23. The summed E-state index contributed by atoms with van der Waals surface area (Å²) >= 11 is 1.82. The molecule has 1 saturated heterocycles. The predicted molar refractivity (Wildman–Crippen MR) is 91.9 cm³/mol. The van der Waals surface area contributed by atoms with E-state index < -0.39 is 0 Å². The van der Waals surface area contributed by atoms with E-state index in [1.54, 1.807) is 12.4 Å². The Hall–Kier alpha value is -1.53. The monoisotopic (exact) mass is 332 g/mol. The Labute approximate surface area is 141 Å². The number of ether oxygens (including phenoxy) is 1. The molecule has 1 unspecified atom stereocenters. The van der Waals surface area contributed by atoms with Gasteiger partial charge in [0.15, 0.2) is 0 Å². The standard InChI is InChI=1S/C17H24N4OS/c1-12-7-18-17(19-8-12)22-11-15-5-4-6-21(9-15)10-16-13(2)20-14(3)23-16/h7-8,15H,4-6,9-11H2,1-3H3. The molecule has 0 aliphatic carbocycles. The predicted octanol–water partition coefficient (Wildman–Crippen LogP) is 3.15. The summed E-state index contributed by atoms with van der Waals surface area (Å²) in [5, 5.41) is 1.16. The zero-order valence-corrected chi connectivity index (χ0v) is 14.9. The van der Waals surface area contributed by atoms with Gasteiger partial charge in [-0.05, 0) is 45.7 Å². The van der Waals surface area contributed by atoms with E-state index in [1.165, 1.54) is 23.4 Å². The van der Waals surface area contributed by atoms with Crippen molar-refractivity contribution >= 4 is 11.3 Å². The number of nitrogens with zero attached hydrogens (tertiary/aromatic N) is 4. The van der Waals surface area contributed by atoms with Crippen molar-refractivity contribution in [2.45, 2.75) is 40.2 Å². The van der Waals surface area contributed by atoms with Gasteiger partial charge in [0, 0.05) is 36.3 Å². The number of aromatic nitrogens is 3. The number of aryl methyl sites for hydroxylation is 3. The average molecular weight is 332 g/mol. The molecule has 3 heterocycles. The first-order valence-corrected chi connectivity index (χ1v) is 8.98. The van der Waals surface area contributed by atoms with Gasteiger partial charge in [0.25, 0.3) is 0 Å². The fourth-order valence-corrected chi connectivity index (χ4v) is 3.98. The Morgan fingerprint density at radius 1 is 1.26 bits per heavy atom. The van der Waals surface area contributed by atoms with Gasteiger partial charge in [-0.1, -0.05) is 0 Å². The van der Waals surface area contributed by atoms with Crippen molar-refractivity contribution in [1.82, 2.24) is 19.9 Å². The summed E-state index contributed by atoms with van der Waals surface area (Å²) in [6, 6.07) is 0.488. The van der Waals surface area contributed by atoms with E-state index >= 15 is 0 Å². The molecule has 1 aliphatic rings. The van der Waals surface area contributed by atoms with Gasteiger partial charge in [0.1, 0.15) is 0 Å². The van der Waals surface area contributed by atoms with Crippen LogP contribution in [-0.2, 0) is 6.54 Å². The normalized spacial score (nSPS) is 19.0. The third-order valence-electron chi connectivity index (χ3n) is 4.18. The Morgan fingerprint density at radius 2 is 2.04 bits per heavy atom. The van der Waals surface area contributed by atoms with E-state index in [2.05, 4.69) is 33.7 Å². The van der Waals surface area contributed by atoms with Gasteiger partial charge < -0.3 is 4.74 Å². The molecule has 2 aromatic rings. The number of rotatable bonds is 5. The molecule has 6 heteroatoms. The van der Waals surface area contributed by atoms with Crippen molar-refractivity contribution in [3.63, 3.8) is 0 Å². The first-order valence-electron chi connectivity index (χ1n) is 8.17. The van der Waals surface area contributed by atoms with E-state index in [4.69, 9.17) is 4.74 Å². The molecule has 0 bridgehead atoms. The lowest BCUT2D eigenvalue weighted by Crippen LogP contribution is -2.37. The van der Waals surface area contributed by atoms with Crippen molar-refractivity contribution in [3.8, 4) is 6.01 Å². The summed E-state index contributed by atoms with van der Waals surface area (Å²) in [5.41, 5.74) is 2.23. The summed E-state index contributed by atoms with van der Waals surface area (Å²) in [7, 11) is 0. The molecule has 23 heavy (non-hydrogen) atoms. The van der Waals surface area contributed by atoms with Crippen molar-refractivity contribution < 1.29 is 4.74 Å². The lowest BCUT2D eigenvalue weighted by Gasteiger charge is -2.32. The van der Waals surface area contributed by atoms with Crippen molar-refractivity contribution in [2.24, 2.45) is 5.92 Å². The highest BCUT2D eigenvalue weighted by molar-refractivity contribution is 7.11. The van der Waals surface area contributed by atoms with Gasteiger partial charge >= 0.3 is 6.01 Å². The molecule has 0 aromatic carbocycles. The van der Waals surface area contributed by atoms with Gasteiger partial charge in [-0.2, -0.15) is 0 Å². The molecule has 2 aromatic heterocycles. The average Bonchev–Trinajstić information content (AvgIpc) is 2.85. The minimum Gasteiger partial charge on any atom is -0.463 e. The lowest BCUT2D eigenvalue weighted by molar-refractivity contribution is 0.121. The summed E-state index contributed by atoms with van der Waals surface area (Å²) in [5.74, 6) is 0.544. The Morgan fingerprint density at radius 3 is 2.74 bits per heavy atom. The minimum atomic E-state index is 0.488. The van der Waals surface area contributed by atoms with Crippen LogP contribution in [0.2, 0.25) is 0 Å². The maximum absolute atomic E-state index is 5.77. The van der Waals surface area contributed by atoms with Crippen LogP contribution in [0.4, 0.5) is 0 Å². The van der Waals surface area contributed by atoms with E-state index in [1.807, 2.05) is 18.3 Å². The zero-order valence-electron chi connectivity index (χ0n) is 14.1. The summed E-state index contributed by atoms with van der Waals surface area (Å²) < 4.78 is 5.77. The highest BCUT2D eigenvalue weighted by atomic mass is 32.1. The van der Waals surface area contributed by atoms with E-state index in [0.29, 0.717) is 18.5 Å². The van der Waals surface area contributed by atoms with Gasteiger partial charge in [0.05, 0.1) is 17.3 Å². The summed E-state index contributed by atoms with van der Waals surface area (Å²) in [6.07, 6.45) is 6.03. The van der Waals surface area contributed by atoms with Gasteiger partial charge in [0.2, 0.25) is 0 Å². The first kappa shape index (κ1) is 16.3. The van der Waals surface area contributed by atoms with Crippen molar-refractivity contribution in [1.29, 1.82) is 0 Å². The van der Waals surface area contributed by atoms with E-state index in [-0.39, 0.29) is 0 Å². The molecule has 3 rings (SSSR count). The minimum absolute atomic E-state index is 0.488. The van der Waals surface area contributed by atoms with Gasteiger partial charge in [-0.15, -0.1) is 11.3 Å².